The Morgan fingerprint density at radius 2 is 0.423 bits per heavy atom. The lowest BCUT2D eigenvalue weighted by atomic mass is 9.92. The predicted molar refractivity (Wildman–Crippen MR) is 312 cm³/mol. The van der Waals surface area contributed by atoms with E-state index in [2.05, 4.69) is 154 Å². The van der Waals surface area contributed by atoms with Gasteiger partial charge in [0, 0.05) is 39.3 Å². The van der Waals surface area contributed by atoms with E-state index in [9.17, 15) is 15.3 Å². The molecule has 6 fully saturated rings. The molecule has 0 aromatic rings. The molecule has 0 aromatic carbocycles. The van der Waals surface area contributed by atoms with E-state index in [1.807, 2.05) is 0 Å². The molecule has 0 spiro atoms. The number of aliphatic hydroxyl groups excluding tert-OH is 3. The fourth-order valence-corrected chi connectivity index (χ4v) is 9.38. The Morgan fingerprint density at radius 3 is 0.577 bits per heavy atom. The molecular weight excluding hydrogens is 877 g/mol. The monoisotopic (exact) mass is 1010 g/mol. The summed E-state index contributed by atoms with van der Waals surface area (Å²) in [7, 11) is 0. The number of likely N-dealkylation sites (tertiary alicyclic amines) is 6. The Kier molecular flexibility index (Phi) is 33.3. The second kappa shape index (κ2) is 34.4. The smallest absolute Gasteiger partial charge is 0.0679 e. The van der Waals surface area contributed by atoms with Crippen molar-refractivity contribution >= 4 is 0 Å². The number of hydrogen-bond donors (Lipinski definition) is 3. The van der Waals surface area contributed by atoms with Crippen molar-refractivity contribution in [2.45, 2.75) is 252 Å². The summed E-state index contributed by atoms with van der Waals surface area (Å²) in [6.45, 7) is 62.6. The van der Waals surface area contributed by atoms with E-state index >= 15 is 0 Å². The minimum absolute atomic E-state index is 0.0648. The van der Waals surface area contributed by atoms with Gasteiger partial charge in [-0.25, -0.2) is 0 Å². The fraction of sp³-hybridized carbons (Fsp3) is 1.00. The maximum absolute atomic E-state index is 9.29. The van der Waals surface area contributed by atoms with E-state index in [0.717, 1.165) is 78.2 Å². The normalized spacial score (nSPS) is 23.9. The molecule has 9 nitrogen and oxygen atoms in total. The molecule has 0 aliphatic carbocycles. The van der Waals surface area contributed by atoms with Crippen LogP contribution < -0.4 is 0 Å². The summed E-state index contributed by atoms with van der Waals surface area (Å²) in [6, 6.07) is 0. The first-order valence-electron chi connectivity index (χ1n) is 30.0. The van der Waals surface area contributed by atoms with Crippen LogP contribution in [0.2, 0.25) is 0 Å². The third kappa shape index (κ3) is 43.4. The van der Waals surface area contributed by atoms with Crippen molar-refractivity contribution in [2.24, 2.45) is 32.5 Å². The van der Waals surface area contributed by atoms with Gasteiger partial charge in [0.05, 0.1) is 18.3 Å². The lowest BCUT2D eigenvalue weighted by Crippen LogP contribution is -2.32. The van der Waals surface area contributed by atoms with Crippen LogP contribution in [0.4, 0.5) is 0 Å². The maximum atomic E-state index is 9.29. The SMILES string of the molecule is CC(C)(C)CCN1CCC(O)C1.CC(C)(C)CCN1CCCC1.CC(C)(C)CCN1CCCCC1.CC(C)(C)CCN1CCCCC1.CC(C)(C)CCN1CC[C@@H](O)C1.CC(C)(C)CCN1CC[C@H](O)C1. The highest BCUT2D eigenvalue weighted by Crippen LogP contribution is 2.25. The van der Waals surface area contributed by atoms with Gasteiger partial charge in [-0.2, -0.15) is 0 Å². The van der Waals surface area contributed by atoms with Crippen LogP contribution in [0.1, 0.15) is 234 Å². The minimum Gasteiger partial charge on any atom is -0.392 e. The van der Waals surface area contributed by atoms with Gasteiger partial charge < -0.3 is 44.7 Å². The number of β-amino-alcohol motifs (C(OH)–C–C–N with tert-alkyl or cyclic N) is 3. The highest BCUT2D eigenvalue weighted by atomic mass is 16.3. The number of aliphatic hydroxyl groups is 3. The molecule has 1 unspecified atom stereocenters. The molecule has 6 rings (SSSR count). The summed E-state index contributed by atoms with van der Waals surface area (Å²) in [5.74, 6) is 0. The lowest BCUT2D eigenvalue weighted by Gasteiger charge is -2.29. The fourth-order valence-electron chi connectivity index (χ4n) is 9.38. The highest BCUT2D eigenvalue weighted by Gasteiger charge is 2.24. The lowest BCUT2D eigenvalue weighted by molar-refractivity contribution is 0.170. The standard InChI is InChI=1S/2C11H23N.3C10H21NO.C10H21N/c2*1-11(2,3)7-10-12-8-5-4-6-9-12;3*1-10(2,3)5-7-11-6-4-9(12)8-11;1-10(2,3)6-9-11-7-4-5-8-11/h2*4-10H2,1-3H3;3*9,12H,4-8H2,1-3H3;4-9H2,1-3H3/t;;2*9-;;/m..10../s1. The van der Waals surface area contributed by atoms with Gasteiger partial charge >= 0.3 is 0 Å². The van der Waals surface area contributed by atoms with E-state index in [1.54, 1.807) is 0 Å². The Morgan fingerprint density at radius 1 is 0.254 bits per heavy atom. The van der Waals surface area contributed by atoms with Gasteiger partial charge in [-0.1, -0.05) is 137 Å². The van der Waals surface area contributed by atoms with Gasteiger partial charge in [0.25, 0.3) is 0 Å². The molecule has 6 aliphatic heterocycles. The van der Waals surface area contributed by atoms with E-state index in [-0.39, 0.29) is 18.3 Å². The van der Waals surface area contributed by atoms with E-state index in [1.165, 1.54) is 149 Å². The Balaban J connectivity index is 0.000000426. The average Bonchev–Trinajstić information content (AvgIpc) is 4.10. The summed E-state index contributed by atoms with van der Waals surface area (Å²) in [5, 5.41) is 27.9. The van der Waals surface area contributed by atoms with Crippen LogP contribution in [-0.4, -0.2) is 181 Å². The third-order valence-electron chi connectivity index (χ3n) is 14.9. The summed E-state index contributed by atoms with van der Waals surface area (Å²) in [5.41, 5.74) is 2.81. The van der Waals surface area contributed by atoms with Crippen LogP contribution in [-0.2, 0) is 0 Å². The first-order chi connectivity index (χ1) is 32.7. The van der Waals surface area contributed by atoms with Crippen molar-refractivity contribution in [1.29, 1.82) is 0 Å². The number of nitrogens with zero attached hydrogens (tertiary/aromatic N) is 6. The molecule has 0 radical (unpaired) electrons. The molecule has 3 atom stereocenters. The van der Waals surface area contributed by atoms with Gasteiger partial charge in [-0.3, -0.25) is 0 Å². The van der Waals surface area contributed by atoms with Crippen molar-refractivity contribution in [3.63, 3.8) is 0 Å². The van der Waals surface area contributed by atoms with Crippen molar-refractivity contribution in [3.8, 4) is 0 Å². The summed E-state index contributed by atoms with van der Waals surface area (Å²) < 4.78 is 0. The van der Waals surface area contributed by atoms with E-state index in [0.29, 0.717) is 32.5 Å². The number of piperidine rings is 2. The number of rotatable bonds is 12. The number of hydrogen-bond acceptors (Lipinski definition) is 9. The summed E-state index contributed by atoms with van der Waals surface area (Å²) >= 11 is 0. The Labute approximate surface area is 445 Å². The maximum Gasteiger partial charge on any atom is 0.0679 e. The zero-order valence-corrected chi connectivity index (χ0v) is 51.5. The van der Waals surface area contributed by atoms with Crippen LogP contribution in [0.25, 0.3) is 0 Å². The molecule has 9 heteroatoms. The molecule has 0 bridgehead atoms. The summed E-state index contributed by atoms with van der Waals surface area (Å²) in [6.07, 6.45) is 21.8. The average molecular weight is 1010 g/mol. The Hall–Kier alpha value is -0.360. The topological polar surface area (TPSA) is 80.1 Å². The molecule has 426 valence electrons. The van der Waals surface area contributed by atoms with E-state index in [4.69, 9.17) is 0 Å². The van der Waals surface area contributed by atoms with Gasteiger partial charge in [0.2, 0.25) is 0 Å². The van der Waals surface area contributed by atoms with Crippen LogP contribution in [0.5, 0.6) is 0 Å². The molecule has 0 aromatic heterocycles. The minimum atomic E-state index is -0.0648. The molecule has 0 amide bonds. The molecule has 0 saturated carbocycles. The third-order valence-corrected chi connectivity index (χ3v) is 14.9. The molecule has 6 saturated heterocycles. The van der Waals surface area contributed by atoms with Gasteiger partial charge in [0.1, 0.15) is 0 Å². The molecule has 71 heavy (non-hydrogen) atoms. The van der Waals surface area contributed by atoms with Crippen molar-refractivity contribution in [1.82, 2.24) is 29.4 Å². The quantitative estimate of drug-likeness (QED) is 0.177. The van der Waals surface area contributed by atoms with Crippen molar-refractivity contribution in [2.75, 3.05) is 118 Å². The highest BCUT2D eigenvalue weighted by molar-refractivity contribution is 4.79. The second-order valence-electron chi connectivity index (χ2n) is 30.4. The van der Waals surface area contributed by atoms with Gasteiger partial charge in [0.15, 0.2) is 0 Å². The largest absolute Gasteiger partial charge is 0.392 e. The zero-order valence-electron chi connectivity index (χ0n) is 51.5. The second-order valence-corrected chi connectivity index (χ2v) is 30.4. The summed E-state index contributed by atoms with van der Waals surface area (Å²) in [4.78, 5) is 14.9. The Bertz CT molecular complexity index is 1110. The van der Waals surface area contributed by atoms with Crippen molar-refractivity contribution in [3.05, 3.63) is 0 Å². The van der Waals surface area contributed by atoms with E-state index < -0.39 is 0 Å². The first kappa shape index (κ1) is 68.7. The van der Waals surface area contributed by atoms with Crippen LogP contribution in [0, 0.1) is 32.5 Å². The van der Waals surface area contributed by atoms with Gasteiger partial charge in [-0.15, -0.1) is 0 Å². The zero-order chi connectivity index (χ0) is 53.9. The van der Waals surface area contributed by atoms with Crippen molar-refractivity contribution < 1.29 is 15.3 Å². The molecule has 6 heterocycles. The molecular formula is C62H130N6O3. The van der Waals surface area contributed by atoms with Crippen LogP contribution >= 0.6 is 0 Å². The van der Waals surface area contributed by atoms with Gasteiger partial charge in [-0.05, 0) is 207 Å². The molecule has 6 aliphatic rings. The van der Waals surface area contributed by atoms with Crippen LogP contribution in [0.3, 0.4) is 0 Å². The first-order valence-corrected chi connectivity index (χ1v) is 30.0. The molecule has 3 N–H and O–H groups in total. The van der Waals surface area contributed by atoms with Crippen LogP contribution in [0.15, 0.2) is 0 Å². The predicted octanol–water partition coefficient (Wildman–Crippen LogP) is 12.8.